The minimum absolute atomic E-state index is 0.188. The molecule has 0 radical (unpaired) electrons. The molecule has 0 aromatic heterocycles. The minimum atomic E-state index is -1.02. The van der Waals surface area contributed by atoms with Crippen molar-refractivity contribution >= 4 is 23.4 Å². The summed E-state index contributed by atoms with van der Waals surface area (Å²) >= 11 is 0. The SMILES string of the molecule is COc1cc(CNC(=O)[C@H](C)C(=O)N[C@@H]2C(=O)N(C)c3ccccc3-c3ccccc32)cc(OC)c1. The van der Waals surface area contributed by atoms with Gasteiger partial charge in [0.05, 0.1) is 19.9 Å². The topological polar surface area (TPSA) is 97.0 Å². The summed E-state index contributed by atoms with van der Waals surface area (Å²) in [5, 5.41) is 5.59. The number of anilines is 1. The van der Waals surface area contributed by atoms with E-state index >= 15 is 0 Å². The number of rotatable bonds is 7. The lowest BCUT2D eigenvalue weighted by Crippen LogP contribution is -2.45. The molecule has 2 N–H and O–H groups in total. The van der Waals surface area contributed by atoms with Crippen LogP contribution in [0.4, 0.5) is 5.69 Å². The standard InChI is InChI=1S/C28H29N3O5/c1-17(26(32)29-16-18-13-19(35-3)15-20(14-18)36-4)27(33)30-25-23-11-6-5-9-21(23)22-10-7-8-12-24(22)31(2)28(25)34/h5-15,17,25H,16H2,1-4H3,(H,29,32)(H,30,33)/t17-,25-/m0/s1. The van der Waals surface area contributed by atoms with Gasteiger partial charge in [-0.3, -0.25) is 14.4 Å². The average molecular weight is 488 g/mol. The summed E-state index contributed by atoms with van der Waals surface area (Å²) in [6.45, 7) is 1.70. The molecule has 4 rings (SSSR count). The lowest BCUT2D eigenvalue weighted by molar-refractivity contribution is -0.136. The lowest BCUT2D eigenvalue weighted by atomic mass is 9.95. The van der Waals surface area contributed by atoms with Crippen LogP contribution in [0.15, 0.2) is 66.7 Å². The first-order valence-electron chi connectivity index (χ1n) is 11.6. The molecule has 36 heavy (non-hydrogen) atoms. The van der Waals surface area contributed by atoms with E-state index in [0.717, 1.165) is 22.4 Å². The van der Waals surface area contributed by atoms with Crippen LogP contribution in [0.25, 0.3) is 11.1 Å². The summed E-state index contributed by atoms with van der Waals surface area (Å²) in [6, 6.07) is 19.5. The van der Waals surface area contributed by atoms with Crippen molar-refractivity contribution in [2.75, 3.05) is 26.2 Å². The molecule has 0 spiro atoms. The molecule has 0 unspecified atom stereocenters. The molecule has 8 nitrogen and oxygen atoms in total. The first-order chi connectivity index (χ1) is 17.3. The summed E-state index contributed by atoms with van der Waals surface area (Å²) in [5.41, 5.74) is 3.97. The van der Waals surface area contributed by atoms with Gasteiger partial charge >= 0.3 is 0 Å². The lowest BCUT2D eigenvalue weighted by Gasteiger charge is -2.24. The number of hydrogen-bond acceptors (Lipinski definition) is 5. The second-order valence-corrected chi connectivity index (χ2v) is 8.60. The second-order valence-electron chi connectivity index (χ2n) is 8.60. The van der Waals surface area contributed by atoms with Crippen molar-refractivity contribution in [3.63, 3.8) is 0 Å². The van der Waals surface area contributed by atoms with Crippen LogP contribution in [0.1, 0.15) is 24.1 Å². The van der Waals surface area contributed by atoms with Crippen molar-refractivity contribution in [3.8, 4) is 22.6 Å². The van der Waals surface area contributed by atoms with Gasteiger partial charge in [-0.15, -0.1) is 0 Å². The van der Waals surface area contributed by atoms with Crippen LogP contribution in [0, 0.1) is 5.92 Å². The number of hydrogen-bond donors (Lipinski definition) is 2. The number of carbonyl (C=O) groups is 3. The van der Waals surface area contributed by atoms with Gasteiger partial charge in [0.1, 0.15) is 23.5 Å². The number of amides is 3. The smallest absolute Gasteiger partial charge is 0.253 e. The fraction of sp³-hybridized carbons (Fsp3) is 0.250. The van der Waals surface area contributed by atoms with Crippen molar-refractivity contribution in [2.45, 2.75) is 19.5 Å². The van der Waals surface area contributed by atoms with Crippen LogP contribution in [0.2, 0.25) is 0 Å². The second kappa shape index (κ2) is 10.5. The largest absolute Gasteiger partial charge is 0.497 e. The first-order valence-corrected chi connectivity index (χ1v) is 11.6. The zero-order valence-electron chi connectivity index (χ0n) is 20.7. The highest BCUT2D eigenvalue weighted by Gasteiger charge is 2.35. The van der Waals surface area contributed by atoms with E-state index in [1.807, 2.05) is 48.5 Å². The molecule has 0 aliphatic carbocycles. The number of nitrogens with zero attached hydrogens (tertiary/aromatic N) is 1. The molecule has 1 heterocycles. The van der Waals surface area contributed by atoms with Crippen molar-refractivity contribution in [1.82, 2.24) is 10.6 Å². The van der Waals surface area contributed by atoms with E-state index in [0.29, 0.717) is 17.1 Å². The molecule has 3 amide bonds. The molecular weight excluding hydrogens is 458 g/mol. The number of methoxy groups -OCH3 is 2. The van der Waals surface area contributed by atoms with Gasteiger partial charge < -0.3 is 25.0 Å². The summed E-state index contributed by atoms with van der Waals surface area (Å²) < 4.78 is 10.5. The van der Waals surface area contributed by atoms with Crippen molar-refractivity contribution in [3.05, 3.63) is 77.9 Å². The number of nitrogens with one attached hydrogen (secondary N) is 2. The third-order valence-electron chi connectivity index (χ3n) is 6.36. The maximum Gasteiger partial charge on any atom is 0.253 e. The Morgan fingerprint density at radius 1 is 0.917 bits per heavy atom. The molecule has 0 saturated carbocycles. The maximum atomic E-state index is 13.4. The maximum absolute atomic E-state index is 13.4. The normalized spacial score (nSPS) is 15.2. The van der Waals surface area contributed by atoms with Gasteiger partial charge in [-0.25, -0.2) is 0 Å². The van der Waals surface area contributed by atoms with E-state index in [1.54, 1.807) is 44.4 Å². The Morgan fingerprint density at radius 2 is 1.53 bits per heavy atom. The molecule has 186 valence electrons. The Hall–Kier alpha value is -4.33. The number of para-hydroxylation sites is 1. The Bertz CT molecular complexity index is 1280. The van der Waals surface area contributed by atoms with E-state index in [1.165, 1.54) is 6.92 Å². The van der Waals surface area contributed by atoms with E-state index < -0.39 is 23.8 Å². The Labute approximate surface area is 210 Å². The van der Waals surface area contributed by atoms with Gasteiger partial charge in [0.2, 0.25) is 11.8 Å². The predicted octanol–water partition coefficient (Wildman–Crippen LogP) is 3.46. The molecule has 0 bridgehead atoms. The summed E-state index contributed by atoms with van der Waals surface area (Å²) in [7, 11) is 4.78. The van der Waals surface area contributed by atoms with Gasteiger partial charge in [-0.05, 0) is 41.8 Å². The Balaban J connectivity index is 1.50. The zero-order chi connectivity index (χ0) is 25.8. The van der Waals surface area contributed by atoms with Crippen molar-refractivity contribution in [1.29, 1.82) is 0 Å². The number of ether oxygens (including phenoxy) is 2. The summed E-state index contributed by atoms with van der Waals surface area (Å²) in [5.74, 6) is -1.10. The van der Waals surface area contributed by atoms with Crippen molar-refractivity contribution < 1.29 is 23.9 Å². The third kappa shape index (κ3) is 4.88. The van der Waals surface area contributed by atoms with Gasteiger partial charge in [0.15, 0.2) is 0 Å². The molecule has 0 saturated heterocycles. The van der Waals surface area contributed by atoms with E-state index in [4.69, 9.17) is 9.47 Å². The van der Waals surface area contributed by atoms with Crippen LogP contribution in [0.3, 0.4) is 0 Å². The van der Waals surface area contributed by atoms with E-state index in [2.05, 4.69) is 10.6 Å². The van der Waals surface area contributed by atoms with Crippen LogP contribution in [-0.4, -0.2) is 39.0 Å². The van der Waals surface area contributed by atoms with Gasteiger partial charge in [-0.2, -0.15) is 0 Å². The van der Waals surface area contributed by atoms with Crippen LogP contribution in [-0.2, 0) is 20.9 Å². The monoisotopic (exact) mass is 487 g/mol. The Kier molecular flexibility index (Phi) is 7.24. The highest BCUT2D eigenvalue weighted by Crippen LogP contribution is 2.39. The predicted molar refractivity (Wildman–Crippen MR) is 137 cm³/mol. The third-order valence-corrected chi connectivity index (χ3v) is 6.36. The summed E-state index contributed by atoms with van der Waals surface area (Å²) in [6.07, 6.45) is 0. The van der Waals surface area contributed by atoms with E-state index in [-0.39, 0.29) is 12.5 Å². The molecule has 8 heteroatoms. The molecular formula is C28H29N3O5. The molecule has 1 aliphatic rings. The molecule has 0 fully saturated rings. The van der Waals surface area contributed by atoms with Crippen LogP contribution >= 0.6 is 0 Å². The van der Waals surface area contributed by atoms with E-state index in [9.17, 15) is 14.4 Å². The fourth-order valence-corrected chi connectivity index (χ4v) is 4.27. The van der Waals surface area contributed by atoms with Gasteiger partial charge in [0, 0.05) is 25.2 Å². The molecule has 2 atom stereocenters. The Morgan fingerprint density at radius 3 is 2.19 bits per heavy atom. The number of benzene rings is 3. The van der Waals surface area contributed by atoms with Crippen LogP contribution in [0.5, 0.6) is 11.5 Å². The van der Waals surface area contributed by atoms with Gasteiger partial charge in [0.25, 0.3) is 5.91 Å². The minimum Gasteiger partial charge on any atom is -0.497 e. The molecule has 3 aromatic rings. The molecule has 1 aliphatic heterocycles. The van der Waals surface area contributed by atoms with Gasteiger partial charge in [-0.1, -0.05) is 42.5 Å². The number of fused-ring (bicyclic) bond motifs is 3. The quantitative estimate of drug-likeness (QED) is 0.498. The molecule has 3 aromatic carbocycles. The van der Waals surface area contributed by atoms with Crippen LogP contribution < -0.4 is 25.0 Å². The first kappa shape index (κ1) is 24.8. The highest BCUT2D eigenvalue weighted by atomic mass is 16.5. The highest BCUT2D eigenvalue weighted by molar-refractivity contribution is 6.07. The number of likely N-dealkylation sites (N-methyl/N-ethyl adjacent to an activating group) is 1. The fourth-order valence-electron chi connectivity index (χ4n) is 4.27. The summed E-state index contributed by atoms with van der Waals surface area (Å²) in [4.78, 5) is 40.9. The zero-order valence-corrected chi connectivity index (χ0v) is 20.7. The van der Waals surface area contributed by atoms with Crippen molar-refractivity contribution in [2.24, 2.45) is 5.92 Å². The number of carbonyl (C=O) groups excluding carboxylic acids is 3. The average Bonchev–Trinajstić information content (AvgIpc) is 3.00.